The lowest BCUT2D eigenvalue weighted by molar-refractivity contribution is 0.529. The number of nitrogens with zero attached hydrogens (tertiary/aromatic N) is 1. The topological polar surface area (TPSA) is 48.0 Å². The summed E-state index contributed by atoms with van der Waals surface area (Å²) < 4.78 is 15.6. The van der Waals surface area contributed by atoms with Crippen molar-refractivity contribution in [2.24, 2.45) is 0 Å². The molecular weight excluding hydrogens is 288 g/mol. The molecule has 0 aliphatic heterocycles. The van der Waals surface area contributed by atoms with Crippen LogP contribution in [0.4, 0.5) is 0 Å². The summed E-state index contributed by atoms with van der Waals surface area (Å²) in [5.41, 5.74) is 0.890. The maximum atomic E-state index is 11.9. The second-order valence-electron chi connectivity index (χ2n) is 4.62. The van der Waals surface area contributed by atoms with E-state index < -0.39 is 11.4 Å². The highest BCUT2D eigenvalue weighted by molar-refractivity contribution is 9.10. The second kappa shape index (κ2) is 5.49. The van der Waals surface area contributed by atoms with E-state index in [9.17, 15) is 4.55 Å². The number of nitrogens with one attached hydrogen (secondary N) is 1. The van der Waals surface area contributed by atoms with Crippen molar-refractivity contribution < 1.29 is 4.55 Å². The molecule has 0 spiro atoms. The summed E-state index contributed by atoms with van der Waals surface area (Å²) in [6.45, 7) is 7.79. The van der Waals surface area contributed by atoms with Gasteiger partial charge in [0, 0.05) is 22.0 Å². The van der Waals surface area contributed by atoms with E-state index in [1.54, 1.807) is 6.20 Å². The molecular formula is C11H17BrN2OS. The van der Waals surface area contributed by atoms with Crippen LogP contribution in [0.5, 0.6) is 0 Å². The van der Waals surface area contributed by atoms with Crippen LogP contribution in [0.15, 0.2) is 22.8 Å². The van der Waals surface area contributed by atoms with Crippen LogP contribution in [-0.4, -0.2) is 14.3 Å². The Bertz CT molecular complexity index is 337. The lowest BCUT2D eigenvalue weighted by atomic mass is 10.2. The third-order valence-corrected chi connectivity index (χ3v) is 4.18. The van der Waals surface area contributed by atoms with Crippen molar-refractivity contribution in [1.29, 1.82) is 0 Å². The zero-order valence-electron chi connectivity index (χ0n) is 9.95. The van der Waals surface area contributed by atoms with Gasteiger partial charge in [0.2, 0.25) is 0 Å². The monoisotopic (exact) mass is 304 g/mol. The summed E-state index contributed by atoms with van der Waals surface area (Å²) in [5, 5.41) is 0. The van der Waals surface area contributed by atoms with Gasteiger partial charge >= 0.3 is 0 Å². The normalized spacial score (nSPS) is 15.9. The van der Waals surface area contributed by atoms with E-state index in [1.807, 2.05) is 39.8 Å². The van der Waals surface area contributed by atoms with Gasteiger partial charge in [-0.1, -0.05) is 0 Å². The molecule has 90 valence electrons. The molecule has 0 amide bonds. The molecule has 2 atom stereocenters. The lowest BCUT2D eigenvalue weighted by Crippen LogP contribution is -2.40. The molecule has 0 aliphatic carbocycles. The quantitative estimate of drug-likeness (QED) is 0.873. The fourth-order valence-corrected chi connectivity index (χ4v) is 2.07. The molecule has 1 N–H and O–H groups in total. The fraction of sp³-hybridized carbons (Fsp3) is 0.545. The number of aromatic nitrogens is 1. The van der Waals surface area contributed by atoms with Gasteiger partial charge in [0.1, 0.15) is 4.75 Å². The van der Waals surface area contributed by atoms with Gasteiger partial charge in [-0.15, -0.1) is 4.72 Å². The van der Waals surface area contributed by atoms with Gasteiger partial charge in [0.15, 0.2) is 0 Å². The van der Waals surface area contributed by atoms with E-state index in [4.69, 9.17) is 0 Å². The Kier molecular flexibility index (Phi) is 4.79. The van der Waals surface area contributed by atoms with E-state index in [0.29, 0.717) is 0 Å². The van der Waals surface area contributed by atoms with E-state index in [0.717, 1.165) is 10.2 Å². The Morgan fingerprint density at radius 2 is 2.06 bits per heavy atom. The molecule has 0 fully saturated rings. The molecule has 1 aromatic heterocycles. The van der Waals surface area contributed by atoms with Gasteiger partial charge in [-0.3, -0.25) is 4.98 Å². The highest BCUT2D eigenvalue weighted by atomic mass is 79.9. The van der Waals surface area contributed by atoms with Gasteiger partial charge in [0.05, 0.1) is 11.7 Å². The van der Waals surface area contributed by atoms with Gasteiger partial charge in [-0.05, 0) is 55.8 Å². The van der Waals surface area contributed by atoms with Crippen LogP contribution in [-0.2, 0) is 11.4 Å². The smallest absolute Gasteiger partial charge is 0.136 e. The molecule has 0 bridgehead atoms. The van der Waals surface area contributed by atoms with E-state index in [-0.39, 0.29) is 10.8 Å². The molecule has 5 heteroatoms. The number of halogens is 1. The summed E-state index contributed by atoms with van der Waals surface area (Å²) in [5.74, 6) is 0. The Balaban J connectivity index is 2.65. The van der Waals surface area contributed by atoms with Gasteiger partial charge in [-0.25, -0.2) is 0 Å². The predicted octanol–water partition coefficient (Wildman–Crippen LogP) is 2.96. The average molecular weight is 305 g/mol. The standard InChI is InChI=1S/C11H17BrN2OS/c1-8(14-16(15)11(2,3)4)10-6-5-9(12)7-13-10/h5-8,14H,1-4H3/t8-,16?/m0/s1. The SMILES string of the molecule is C[C@H](N[S+]([O-])C(C)(C)C)c1ccc(Br)cn1. The molecule has 16 heavy (non-hydrogen) atoms. The Hall–Kier alpha value is -0.100. The molecule has 0 aliphatic rings. The Labute approximate surface area is 108 Å². The molecule has 0 radical (unpaired) electrons. The molecule has 0 aromatic carbocycles. The van der Waals surface area contributed by atoms with Crippen LogP contribution >= 0.6 is 15.9 Å². The zero-order chi connectivity index (χ0) is 12.3. The summed E-state index contributed by atoms with van der Waals surface area (Å²) in [6.07, 6.45) is 1.74. The maximum Gasteiger partial charge on any atom is 0.136 e. The van der Waals surface area contributed by atoms with Crippen LogP contribution < -0.4 is 4.72 Å². The van der Waals surface area contributed by atoms with Crippen molar-refractivity contribution in [1.82, 2.24) is 9.71 Å². The summed E-state index contributed by atoms with van der Waals surface area (Å²) in [7, 11) is 0. The van der Waals surface area contributed by atoms with Crippen LogP contribution in [0.3, 0.4) is 0 Å². The maximum absolute atomic E-state index is 11.9. The summed E-state index contributed by atoms with van der Waals surface area (Å²) >= 11 is 2.26. The van der Waals surface area contributed by atoms with Crippen molar-refractivity contribution in [3.05, 3.63) is 28.5 Å². The number of hydrogen-bond donors (Lipinski definition) is 1. The van der Waals surface area contributed by atoms with Crippen molar-refractivity contribution in [3.63, 3.8) is 0 Å². The van der Waals surface area contributed by atoms with E-state index in [2.05, 4.69) is 25.6 Å². The second-order valence-corrected chi connectivity index (χ2v) is 7.54. The first-order chi connectivity index (χ1) is 7.30. The predicted molar refractivity (Wildman–Crippen MR) is 71.4 cm³/mol. The Morgan fingerprint density at radius 1 is 1.44 bits per heavy atom. The van der Waals surface area contributed by atoms with Crippen LogP contribution in [0.2, 0.25) is 0 Å². The Morgan fingerprint density at radius 3 is 2.50 bits per heavy atom. The molecule has 1 heterocycles. The minimum atomic E-state index is -1.07. The van der Waals surface area contributed by atoms with E-state index >= 15 is 0 Å². The van der Waals surface area contributed by atoms with Gasteiger partial charge in [0.25, 0.3) is 0 Å². The van der Waals surface area contributed by atoms with Crippen LogP contribution in [0, 0.1) is 0 Å². The van der Waals surface area contributed by atoms with Crippen molar-refractivity contribution in [2.75, 3.05) is 0 Å². The molecule has 1 aromatic rings. The first-order valence-corrected chi connectivity index (χ1v) is 7.04. The zero-order valence-corrected chi connectivity index (χ0v) is 12.4. The third-order valence-electron chi connectivity index (χ3n) is 2.03. The summed E-state index contributed by atoms with van der Waals surface area (Å²) in [4.78, 5) is 4.27. The fourth-order valence-electron chi connectivity index (χ4n) is 1.04. The highest BCUT2D eigenvalue weighted by Gasteiger charge is 2.28. The third kappa shape index (κ3) is 4.05. The first kappa shape index (κ1) is 14.0. The summed E-state index contributed by atoms with van der Waals surface area (Å²) in [6, 6.07) is 3.83. The minimum absolute atomic E-state index is 0.0202. The van der Waals surface area contributed by atoms with Gasteiger partial charge in [-0.2, -0.15) is 0 Å². The molecule has 0 saturated heterocycles. The van der Waals surface area contributed by atoms with Crippen molar-refractivity contribution in [3.8, 4) is 0 Å². The first-order valence-electron chi connectivity index (χ1n) is 5.10. The van der Waals surface area contributed by atoms with Crippen LogP contribution in [0.1, 0.15) is 39.4 Å². The van der Waals surface area contributed by atoms with Crippen molar-refractivity contribution in [2.45, 2.75) is 38.5 Å². The lowest BCUT2D eigenvalue weighted by Gasteiger charge is -2.26. The van der Waals surface area contributed by atoms with E-state index in [1.165, 1.54) is 0 Å². The average Bonchev–Trinajstić information content (AvgIpc) is 2.17. The highest BCUT2D eigenvalue weighted by Crippen LogP contribution is 2.19. The molecule has 1 unspecified atom stereocenters. The molecule has 1 rings (SSSR count). The number of hydrogen-bond acceptors (Lipinski definition) is 3. The molecule has 3 nitrogen and oxygen atoms in total. The number of rotatable bonds is 3. The molecule has 0 saturated carbocycles. The number of pyridine rings is 1. The largest absolute Gasteiger partial charge is 0.598 e. The minimum Gasteiger partial charge on any atom is -0.598 e. The van der Waals surface area contributed by atoms with Gasteiger partial charge < -0.3 is 4.55 Å². The van der Waals surface area contributed by atoms with Crippen LogP contribution in [0.25, 0.3) is 0 Å². The van der Waals surface area contributed by atoms with Crippen molar-refractivity contribution >= 4 is 27.3 Å².